The molecule has 704 valence electrons. The average Bonchev–Trinajstić information content (AvgIpc) is 1.34. The monoisotopic (exact) mass is 2040 g/mol. The van der Waals surface area contributed by atoms with Crippen molar-refractivity contribution in [3.63, 3.8) is 0 Å². The van der Waals surface area contributed by atoms with Crippen LogP contribution in [0.1, 0.15) is 152 Å². The summed E-state index contributed by atoms with van der Waals surface area (Å²) in [6, 6.07) is 130. The van der Waals surface area contributed by atoms with Gasteiger partial charge in [-0.1, -0.05) is 353 Å². The number of terminal acetylenes is 1. The molecular formula is C129H127BBrCl2IO5. The number of aromatic hydroxyl groups is 1. The molecule has 0 unspecified atom stereocenters. The quantitative estimate of drug-likeness (QED) is 0.0626. The molecule has 1 fully saturated rings. The van der Waals surface area contributed by atoms with E-state index < -0.39 is 0 Å². The molecule has 5 nitrogen and oxygen atoms in total. The molecule has 0 spiro atoms. The van der Waals surface area contributed by atoms with E-state index in [4.69, 9.17) is 42.0 Å². The van der Waals surface area contributed by atoms with Crippen LogP contribution in [0.25, 0.3) is 165 Å². The topological polar surface area (TPSA) is 57.2 Å². The largest absolute Gasteiger partial charge is 0.507 e. The SMILES string of the molecule is C.C#C.CC1(C)c2ccccc2-c2ccc(-c3ccc4c(c3)C(C)(C)c3cc(-c5ccc6c(c5)-c5cccc7c5c(cc5ccccc57)O6)ccc3-4)cc21.CC1(C)c2ccccc2-c2ccc(-c3ccc4c(c3)C(C)(C)c3cc(B5OC(C)(C)C(C)(C)O5)ccc3-4)cc21.Clc1ccc(I)c(Br)c1.Clc1ccc2c(c1)-c1cccc3c1c(cc1ccccc13)O2.Oc1cc2ccccc2c2ccccc12.[HH].[HH].[HH].[HH].[HH].[HH].[HH].[HH].[HH].[HH].[HH].[HH]. The molecule has 1 N–H and O–H groups in total. The highest BCUT2D eigenvalue weighted by atomic mass is 127. The van der Waals surface area contributed by atoms with Gasteiger partial charge in [0, 0.05) is 84.2 Å². The lowest BCUT2D eigenvalue weighted by Gasteiger charge is -2.32. The first kappa shape index (κ1) is 92.1. The zero-order chi connectivity index (χ0) is 95.5. The summed E-state index contributed by atoms with van der Waals surface area (Å²) in [6.45, 7) is 27.3. The summed E-state index contributed by atoms with van der Waals surface area (Å²) in [7, 11) is -0.353. The molecule has 3 aliphatic heterocycles. The van der Waals surface area contributed by atoms with Crippen LogP contribution >= 0.6 is 61.7 Å². The maximum absolute atomic E-state index is 9.87. The summed E-state index contributed by atoms with van der Waals surface area (Å²) in [6.07, 6.45) is 8.00. The van der Waals surface area contributed by atoms with Crippen molar-refractivity contribution in [1.82, 2.24) is 0 Å². The third kappa shape index (κ3) is 15.4. The van der Waals surface area contributed by atoms with Gasteiger partial charge in [0.25, 0.3) is 0 Å². The van der Waals surface area contributed by atoms with Gasteiger partial charge in [-0.05, 0) is 351 Å². The molecule has 3 heterocycles. The Morgan fingerprint density at radius 3 is 1.02 bits per heavy atom. The first-order valence-corrected chi connectivity index (χ1v) is 49.8. The van der Waals surface area contributed by atoms with E-state index in [-0.39, 0.29) is 64.5 Å². The third-order valence-electron chi connectivity index (χ3n) is 30.3. The molecule has 4 aliphatic carbocycles. The van der Waals surface area contributed by atoms with Crippen molar-refractivity contribution < 1.29 is 41.0 Å². The molecule has 20 aromatic carbocycles. The van der Waals surface area contributed by atoms with Crippen molar-refractivity contribution in [1.29, 1.82) is 0 Å². The van der Waals surface area contributed by atoms with Crippen molar-refractivity contribution in [3.8, 4) is 142 Å². The van der Waals surface area contributed by atoms with Crippen molar-refractivity contribution in [2.75, 3.05) is 0 Å². The van der Waals surface area contributed by atoms with Crippen molar-refractivity contribution in [2.24, 2.45) is 0 Å². The number of rotatable bonds is 4. The molecule has 10 heteroatoms. The maximum Gasteiger partial charge on any atom is 0.494 e. The number of hydrogen-bond donors (Lipinski definition) is 1. The molecule has 27 rings (SSSR count). The van der Waals surface area contributed by atoms with E-state index in [2.05, 4.69) is 414 Å². The predicted molar refractivity (Wildman–Crippen MR) is 625 cm³/mol. The van der Waals surface area contributed by atoms with Gasteiger partial charge in [0.2, 0.25) is 0 Å². The molecule has 139 heavy (non-hydrogen) atoms. The highest BCUT2D eigenvalue weighted by molar-refractivity contribution is 14.1. The Hall–Kier alpha value is -13.3. The van der Waals surface area contributed by atoms with Crippen molar-refractivity contribution in [2.45, 2.75) is 123 Å². The molecular weight excluding hydrogens is 1920 g/mol. The summed E-state index contributed by atoms with van der Waals surface area (Å²) in [5, 5.41) is 25.4. The minimum absolute atomic E-state index is 0. The van der Waals surface area contributed by atoms with E-state index >= 15 is 0 Å². The fourth-order valence-corrected chi connectivity index (χ4v) is 23.5. The number of benzene rings is 20. The standard InChI is InChI=1S/C50H36O.C36H37BO2.C20H11ClO.C14H10O.C6H3BrClI.C2H2.CH4.12H2/c1-49(2)42-15-8-7-12-35(42)36-20-17-31(26-43(36)49)32-18-22-38-37-21-16-30(25-44(37)50(3,4)45(38)27-32)29-19-23-46-41(24-29)40-14-9-13-39-34-11-6-5-10-33(34)28-47(51-46)48(39)40;1-33(2)29-12-10-9-11-25(29)26-16-13-22(19-30(26)33)23-14-17-27-28-18-15-24(21-32(28)34(3,4)31(27)20-23)37-38-35(5,6)36(7,8)39-37;21-13-8-9-18-17(11-13)16-7-3-6-15-14-5-2-1-4-12(14)10-19(22-18)20(15)16;15-14-9-10-5-1-2-6-11(10)12-7-3-4-8-13(12)14;7-5-3-4(8)1-2-6(5)9;1-2;;;;;;;;;;;;;/h5-28H,1-4H3;9-21H,1-8H3;1-11H;1-9,15H;1-3H;1-2H;1H4;12*1H. The highest BCUT2D eigenvalue weighted by Gasteiger charge is 2.53. The van der Waals surface area contributed by atoms with Crippen LogP contribution in [0.3, 0.4) is 0 Å². The van der Waals surface area contributed by atoms with Gasteiger partial charge in [-0.3, -0.25) is 0 Å². The third-order valence-corrected chi connectivity index (χ3v) is 33.1. The number of ether oxygens (including phenoxy) is 2. The molecule has 20 aromatic rings. The van der Waals surface area contributed by atoms with Crippen molar-refractivity contribution in [3.05, 3.63) is 427 Å². The molecule has 0 saturated carbocycles. The van der Waals surface area contributed by atoms with E-state index in [1.165, 1.54) is 180 Å². The van der Waals surface area contributed by atoms with Gasteiger partial charge >= 0.3 is 7.12 Å². The van der Waals surface area contributed by atoms with Gasteiger partial charge < -0.3 is 23.9 Å². The highest BCUT2D eigenvalue weighted by Crippen LogP contribution is 2.58. The van der Waals surface area contributed by atoms with Crippen LogP contribution in [-0.2, 0) is 31.0 Å². The van der Waals surface area contributed by atoms with Crippen LogP contribution in [0, 0.1) is 16.4 Å². The van der Waals surface area contributed by atoms with Gasteiger partial charge in [-0.25, -0.2) is 0 Å². The summed E-state index contributed by atoms with van der Waals surface area (Å²) in [5.74, 6) is 3.97. The predicted octanol–water partition coefficient (Wildman–Crippen LogP) is 39.6. The minimum Gasteiger partial charge on any atom is -0.507 e. The Morgan fingerprint density at radius 1 is 0.281 bits per heavy atom. The second-order valence-electron chi connectivity index (χ2n) is 40.2. The summed E-state index contributed by atoms with van der Waals surface area (Å²) in [5.41, 5.74) is 34.2. The number of halogens is 4. The number of fused-ring (bicyclic) bond motifs is 23. The van der Waals surface area contributed by atoms with Gasteiger partial charge in [-0.2, -0.15) is 0 Å². The second kappa shape index (κ2) is 34.9. The lowest BCUT2D eigenvalue weighted by atomic mass is 9.74. The number of phenols is 1. The lowest BCUT2D eigenvalue weighted by Crippen LogP contribution is -2.41. The van der Waals surface area contributed by atoms with Gasteiger partial charge in [0.1, 0.15) is 28.7 Å². The molecule has 1 saturated heterocycles. The molecule has 0 amide bonds. The van der Waals surface area contributed by atoms with E-state index in [0.29, 0.717) is 5.75 Å². The Bertz CT molecular complexity index is 8570. The van der Waals surface area contributed by atoms with Crippen LogP contribution in [0.5, 0.6) is 28.7 Å². The van der Waals surface area contributed by atoms with E-state index in [9.17, 15) is 5.11 Å². The van der Waals surface area contributed by atoms with Crippen LogP contribution in [-0.4, -0.2) is 23.4 Å². The first-order chi connectivity index (χ1) is 66.4. The van der Waals surface area contributed by atoms with E-state index in [1.807, 2.05) is 84.9 Å². The molecule has 0 aromatic heterocycles. The van der Waals surface area contributed by atoms with Crippen LogP contribution in [0.2, 0.25) is 10.0 Å². The smallest absolute Gasteiger partial charge is 0.494 e. The normalized spacial score (nSPS) is 15.0. The van der Waals surface area contributed by atoms with E-state index in [0.717, 1.165) is 75.7 Å². The Morgan fingerprint density at radius 2 is 0.590 bits per heavy atom. The summed E-state index contributed by atoms with van der Waals surface area (Å²) < 4.78 is 27.8. The van der Waals surface area contributed by atoms with Crippen molar-refractivity contribution >= 4 is 139 Å². The molecule has 0 bridgehead atoms. The fraction of sp³-hybridized carbons (Fsp3) is 0.147. The minimum atomic E-state index is -0.353. The maximum atomic E-state index is 9.87. The lowest BCUT2D eigenvalue weighted by molar-refractivity contribution is 0.00578. The van der Waals surface area contributed by atoms with Gasteiger partial charge in [0.05, 0.1) is 11.2 Å². The van der Waals surface area contributed by atoms with Crippen LogP contribution in [0.15, 0.2) is 368 Å². The molecule has 0 atom stereocenters. The number of phenolic OH excluding ortho intramolecular Hbond substituents is 1. The van der Waals surface area contributed by atoms with Gasteiger partial charge in [-0.15, -0.1) is 12.8 Å². The van der Waals surface area contributed by atoms with Gasteiger partial charge in [0.15, 0.2) is 0 Å². The summed E-state index contributed by atoms with van der Waals surface area (Å²) >= 11 is 17.5. The Labute approximate surface area is 865 Å². The average molecular weight is 2050 g/mol. The first-order valence-electron chi connectivity index (χ1n) is 47.1. The van der Waals surface area contributed by atoms with Crippen LogP contribution in [0.4, 0.5) is 0 Å². The Balaban J connectivity index is 0.000000224. The number of hydrogen-bond acceptors (Lipinski definition) is 5. The Kier molecular flexibility index (Phi) is 23.1. The zero-order valence-electron chi connectivity index (χ0n) is 79.0. The second-order valence-corrected chi connectivity index (χ2v) is 43.1. The molecule has 0 radical (unpaired) electrons. The van der Waals surface area contributed by atoms with E-state index in [1.54, 1.807) is 0 Å². The molecule has 7 aliphatic rings. The fourth-order valence-electron chi connectivity index (χ4n) is 22.3. The van der Waals surface area contributed by atoms with Crippen LogP contribution < -0.4 is 14.9 Å². The summed E-state index contributed by atoms with van der Waals surface area (Å²) in [4.78, 5) is 0. The zero-order valence-corrected chi connectivity index (χ0v) is 84.2.